The molecule has 2 unspecified atom stereocenters. The lowest BCUT2D eigenvalue weighted by Gasteiger charge is -2.29. The first-order chi connectivity index (χ1) is 7.92. The van der Waals surface area contributed by atoms with Gasteiger partial charge in [-0.05, 0) is 37.3 Å². The smallest absolute Gasteiger partial charge is 0.0928 e. The van der Waals surface area contributed by atoms with Gasteiger partial charge in [-0.15, -0.1) is 5.10 Å². The van der Waals surface area contributed by atoms with E-state index in [1.165, 1.54) is 18.0 Å². The van der Waals surface area contributed by atoms with Gasteiger partial charge in [0.15, 0.2) is 0 Å². The van der Waals surface area contributed by atoms with Gasteiger partial charge in [-0.2, -0.15) is 0 Å². The van der Waals surface area contributed by atoms with Gasteiger partial charge in [-0.3, -0.25) is 0 Å². The van der Waals surface area contributed by atoms with Crippen LogP contribution in [0.3, 0.4) is 0 Å². The Bertz CT molecular complexity index is 285. The van der Waals surface area contributed by atoms with Crippen molar-refractivity contribution in [3.05, 3.63) is 11.1 Å². The molecule has 1 saturated heterocycles. The van der Waals surface area contributed by atoms with Crippen molar-refractivity contribution in [2.24, 2.45) is 5.92 Å². The molecule has 16 heavy (non-hydrogen) atoms. The molecule has 90 valence electrons. The van der Waals surface area contributed by atoms with Crippen molar-refractivity contribution in [1.82, 2.24) is 14.9 Å². The van der Waals surface area contributed by atoms with Crippen molar-refractivity contribution in [3.63, 3.8) is 0 Å². The third-order valence-electron chi connectivity index (χ3n) is 2.98. The van der Waals surface area contributed by atoms with E-state index in [0.29, 0.717) is 12.0 Å². The van der Waals surface area contributed by atoms with E-state index in [2.05, 4.69) is 21.8 Å². The summed E-state index contributed by atoms with van der Waals surface area (Å²) in [5, 5.41) is 9.80. The lowest BCUT2D eigenvalue weighted by Crippen LogP contribution is -2.34. The van der Waals surface area contributed by atoms with Crippen LogP contribution in [0.2, 0.25) is 0 Å². The Hall–Kier alpha value is -0.520. The van der Waals surface area contributed by atoms with E-state index >= 15 is 0 Å². The van der Waals surface area contributed by atoms with Gasteiger partial charge in [0, 0.05) is 17.9 Å². The molecule has 4 nitrogen and oxygen atoms in total. The predicted molar refractivity (Wildman–Crippen MR) is 64.5 cm³/mol. The van der Waals surface area contributed by atoms with Crippen LogP contribution in [0.25, 0.3) is 0 Å². The summed E-state index contributed by atoms with van der Waals surface area (Å²) in [6, 6.07) is 0.319. The molecule has 0 aliphatic carbocycles. The summed E-state index contributed by atoms with van der Waals surface area (Å²) in [6.45, 7) is 4.96. The molecule has 1 aliphatic rings. The fourth-order valence-electron chi connectivity index (χ4n) is 2.15. The summed E-state index contributed by atoms with van der Waals surface area (Å²) < 4.78 is 9.51. The largest absolute Gasteiger partial charge is 0.381 e. The molecule has 0 radical (unpaired) electrons. The summed E-state index contributed by atoms with van der Waals surface area (Å²) in [5.41, 5.74) is 1.08. The molecule has 1 fully saturated rings. The van der Waals surface area contributed by atoms with E-state index in [1.54, 1.807) is 0 Å². The molecule has 2 atom stereocenters. The molecule has 5 heteroatoms. The molecule has 0 spiro atoms. The van der Waals surface area contributed by atoms with Gasteiger partial charge in [0.05, 0.1) is 18.3 Å². The first-order valence-electron chi connectivity index (χ1n) is 6.00. The van der Waals surface area contributed by atoms with Crippen LogP contribution in [0, 0.1) is 5.92 Å². The average molecular weight is 241 g/mol. The van der Waals surface area contributed by atoms with Crippen LogP contribution in [0.1, 0.15) is 37.9 Å². The summed E-state index contributed by atoms with van der Waals surface area (Å²) >= 11 is 1.42. The maximum Gasteiger partial charge on any atom is 0.0928 e. The molecule has 1 aliphatic heterocycles. The summed E-state index contributed by atoms with van der Waals surface area (Å²) in [5.74, 6) is 0.546. The number of hydrogen-bond acceptors (Lipinski definition) is 5. The molecule has 0 amide bonds. The molecular formula is C11H19N3OS. The molecule has 2 rings (SSSR count). The summed E-state index contributed by atoms with van der Waals surface area (Å²) in [7, 11) is 0. The zero-order valence-electron chi connectivity index (χ0n) is 9.69. The minimum Gasteiger partial charge on any atom is -0.381 e. The highest BCUT2D eigenvalue weighted by Crippen LogP contribution is 2.28. The molecule has 1 N–H and O–H groups in total. The molecule has 0 saturated carbocycles. The summed E-state index contributed by atoms with van der Waals surface area (Å²) in [6.07, 6.45) is 3.52. The van der Waals surface area contributed by atoms with Crippen LogP contribution >= 0.6 is 11.5 Å². The van der Waals surface area contributed by atoms with Gasteiger partial charge in [-0.25, -0.2) is 0 Å². The van der Waals surface area contributed by atoms with Crippen molar-refractivity contribution < 1.29 is 4.74 Å². The Morgan fingerprint density at radius 3 is 3.25 bits per heavy atom. The number of ether oxygens (including phenoxy) is 1. The maximum absolute atomic E-state index is 5.56. The molecule has 0 aromatic carbocycles. The number of aromatic nitrogens is 2. The maximum atomic E-state index is 5.56. The SMILES string of the molecule is CCCNC(c1csnn1)C1CCCOC1. The quantitative estimate of drug-likeness (QED) is 0.856. The molecule has 0 bridgehead atoms. The van der Waals surface area contributed by atoms with E-state index in [1.807, 2.05) is 5.38 Å². The number of nitrogens with zero attached hydrogens (tertiary/aromatic N) is 2. The Morgan fingerprint density at radius 1 is 1.69 bits per heavy atom. The number of hydrogen-bond donors (Lipinski definition) is 1. The molecule has 1 aromatic rings. The summed E-state index contributed by atoms with van der Waals surface area (Å²) in [4.78, 5) is 0. The zero-order chi connectivity index (χ0) is 11.2. The fraction of sp³-hybridized carbons (Fsp3) is 0.818. The van der Waals surface area contributed by atoms with Crippen molar-refractivity contribution in [3.8, 4) is 0 Å². The normalized spacial score (nSPS) is 23.2. The van der Waals surface area contributed by atoms with Gasteiger partial charge < -0.3 is 10.1 Å². The topological polar surface area (TPSA) is 47.0 Å². The fourth-order valence-corrected chi connectivity index (χ4v) is 2.64. The van der Waals surface area contributed by atoms with E-state index in [9.17, 15) is 0 Å². The van der Waals surface area contributed by atoms with Gasteiger partial charge >= 0.3 is 0 Å². The minimum atomic E-state index is 0.319. The third-order valence-corrected chi connectivity index (χ3v) is 3.50. The van der Waals surface area contributed by atoms with Crippen molar-refractivity contribution in [2.45, 2.75) is 32.2 Å². The lowest BCUT2D eigenvalue weighted by atomic mass is 9.92. The number of nitrogens with one attached hydrogen (secondary N) is 1. The monoisotopic (exact) mass is 241 g/mol. The van der Waals surface area contributed by atoms with Crippen LogP contribution in [0.15, 0.2) is 5.38 Å². The van der Waals surface area contributed by atoms with Crippen molar-refractivity contribution >= 4 is 11.5 Å². The van der Waals surface area contributed by atoms with Gasteiger partial charge in [0.25, 0.3) is 0 Å². The second kappa shape index (κ2) is 6.27. The number of rotatable bonds is 5. The minimum absolute atomic E-state index is 0.319. The molecule has 2 heterocycles. The van der Waals surface area contributed by atoms with E-state index < -0.39 is 0 Å². The Kier molecular flexibility index (Phi) is 4.69. The first-order valence-corrected chi connectivity index (χ1v) is 6.83. The Morgan fingerprint density at radius 2 is 2.62 bits per heavy atom. The van der Waals surface area contributed by atoms with Gasteiger partial charge in [0.2, 0.25) is 0 Å². The van der Waals surface area contributed by atoms with Gasteiger partial charge in [0.1, 0.15) is 0 Å². The van der Waals surface area contributed by atoms with E-state index in [-0.39, 0.29) is 0 Å². The average Bonchev–Trinajstić information content (AvgIpc) is 2.85. The molecule has 1 aromatic heterocycles. The van der Waals surface area contributed by atoms with Crippen LogP contribution in [0.5, 0.6) is 0 Å². The van der Waals surface area contributed by atoms with Crippen LogP contribution in [-0.2, 0) is 4.74 Å². The zero-order valence-corrected chi connectivity index (χ0v) is 10.5. The lowest BCUT2D eigenvalue weighted by molar-refractivity contribution is 0.0384. The molecular weight excluding hydrogens is 222 g/mol. The highest BCUT2D eigenvalue weighted by Gasteiger charge is 2.26. The standard InChI is InChI=1S/C11H19N3OS/c1-2-5-12-11(10-8-16-14-13-10)9-4-3-6-15-7-9/h8-9,11-12H,2-7H2,1H3. The Labute approximate surface area is 101 Å². The van der Waals surface area contributed by atoms with Crippen LogP contribution in [0.4, 0.5) is 0 Å². The first kappa shape index (κ1) is 12.0. The van der Waals surface area contributed by atoms with Crippen LogP contribution < -0.4 is 5.32 Å². The van der Waals surface area contributed by atoms with Crippen molar-refractivity contribution in [1.29, 1.82) is 0 Å². The third kappa shape index (κ3) is 2.99. The second-order valence-corrected chi connectivity index (χ2v) is 4.85. The second-order valence-electron chi connectivity index (χ2n) is 4.24. The van der Waals surface area contributed by atoms with Crippen LogP contribution in [-0.4, -0.2) is 29.3 Å². The highest BCUT2D eigenvalue weighted by molar-refractivity contribution is 7.03. The predicted octanol–water partition coefficient (Wildman–Crippen LogP) is 2.01. The Balaban J connectivity index is 2.01. The highest BCUT2D eigenvalue weighted by atomic mass is 32.1. The van der Waals surface area contributed by atoms with Crippen molar-refractivity contribution in [2.75, 3.05) is 19.8 Å². The van der Waals surface area contributed by atoms with Gasteiger partial charge in [-0.1, -0.05) is 11.4 Å². The van der Waals surface area contributed by atoms with E-state index in [4.69, 9.17) is 4.74 Å². The van der Waals surface area contributed by atoms with E-state index in [0.717, 1.165) is 38.3 Å².